The largest absolute Gasteiger partial charge is 0.311 e. The summed E-state index contributed by atoms with van der Waals surface area (Å²) in [6, 6.07) is 5.24. The average Bonchev–Trinajstić information content (AvgIpc) is 2.18. The van der Waals surface area contributed by atoms with Crippen molar-refractivity contribution in [3.8, 4) is 0 Å². The van der Waals surface area contributed by atoms with Crippen molar-refractivity contribution in [1.29, 1.82) is 0 Å². The number of hydrogen-bond donors (Lipinski definition) is 1. The van der Waals surface area contributed by atoms with Crippen LogP contribution in [0.1, 0.15) is 11.1 Å². The molecule has 1 aromatic carbocycles. The quantitative estimate of drug-likeness (QED) is 0.745. The van der Waals surface area contributed by atoms with E-state index in [0.29, 0.717) is 5.56 Å². The summed E-state index contributed by atoms with van der Waals surface area (Å²) < 4.78 is 13.0. The summed E-state index contributed by atoms with van der Waals surface area (Å²) >= 11 is 0. The first kappa shape index (κ1) is 12.1. The second-order valence-corrected chi connectivity index (χ2v) is 4.06. The summed E-state index contributed by atoms with van der Waals surface area (Å²) in [6.07, 6.45) is 0. The third-order valence-corrected chi connectivity index (χ3v) is 2.29. The van der Waals surface area contributed by atoms with Crippen molar-refractivity contribution >= 4 is 0 Å². The van der Waals surface area contributed by atoms with E-state index in [9.17, 15) is 4.39 Å². The van der Waals surface area contributed by atoms with E-state index in [2.05, 4.69) is 10.2 Å². The van der Waals surface area contributed by atoms with Gasteiger partial charge in [-0.05, 0) is 38.2 Å². The monoisotopic (exact) mass is 210 g/mol. The van der Waals surface area contributed by atoms with Gasteiger partial charge in [-0.2, -0.15) is 0 Å². The summed E-state index contributed by atoms with van der Waals surface area (Å²) in [5, 5.41) is 3.32. The molecule has 0 aromatic heterocycles. The van der Waals surface area contributed by atoms with Crippen molar-refractivity contribution in [2.24, 2.45) is 0 Å². The predicted molar refractivity (Wildman–Crippen MR) is 61.4 cm³/mol. The Morgan fingerprint density at radius 2 is 2.07 bits per heavy atom. The van der Waals surface area contributed by atoms with Gasteiger partial charge in [0.1, 0.15) is 5.82 Å². The van der Waals surface area contributed by atoms with E-state index in [1.54, 1.807) is 6.92 Å². The molecule has 0 bridgehead atoms. The van der Waals surface area contributed by atoms with Crippen LogP contribution in [0.5, 0.6) is 0 Å². The van der Waals surface area contributed by atoms with Crippen molar-refractivity contribution in [2.45, 2.75) is 13.5 Å². The van der Waals surface area contributed by atoms with Crippen LogP contribution in [0.2, 0.25) is 0 Å². The molecule has 15 heavy (non-hydrogen) atoms. The van der Waals surface area contributed by atoms with E-state index in [4.69, 9.17) is 0 Å². The highest BCUT2D eigenvalue weighted by Gasteiger charge is 1.98. The highest BCUT2D eigenvalue weighted by molar-refractivity contribution is 5.23. The molecule has 84 valence electrons. The van der Waals surface area contributed by atoms with E-state index < -0.39 is 0 Å². The normalized spacial score (nSPS) is 11.0. The molecule has 0 fully saturated rings. The van der Waals surface area contributed by atoms with Gasteiger partial charge in [-0.15, -0.1) is 0 Å². The van der Waals surface area contributed by atoms with E-state index in [1.165, 1.54) is 6.07 Å². The van der Waals surface area contributed by atoms with Gasteiger partial charge in [0, 0.05) is 19.6 Å². The molecule has 1 N–H and O–H groups in total. The van der Waals surface area contributed by atoms with E-state index in [0.717, 1.165) is 25.2 Å². The number of nitrogens with one attached hydrogen (secondary N) is 1. The van der Waals surface area contributed by atoms with E-state index in [1.807, 2.05) is 26.2 Å². The Labute approximate surface area is 91.1 Å². The molecule has 0 aliphatic carbocycles. The Balaban J connectivity index is 2.35. The fraction of sp³-hybridized carbons (Fsp3) is 0.500. The van der Waals surface area contributed by atoms with Gasteiger partial charge in [-0.3, -0.25) is 0 Å². The summed E-state index contributed by atoms with van der Waals surface area (Å²) in [5.41, 5.74) is 1.84. The van der Waals surface area contributed by atoms with Gasteiger partial charge in [-0.1, -0.05) is 12.1 Å². The lowest BCUT2D eigenvalue weighted by Crippen LogP contribution is -2.26. The number of hydrogen-bond acceptors (Lipinski definition) is 2. The smallest absolute Gasteiger partial charge is 0.126 e. The molecule has 0 aliphatic heterocycles. The predicted octanol–water partition coefficient (Wildman–Crippen LogP) is 1.79. The number of aryl methyl sites for hydroxylation is 1. The highest BCUT2D eigenvalue weighted by atomic mass is 19.1. The lowest BCUT2D eigenvalue weighted by Gasteiger charge is -2.10. The van der Waals surface area contributed by atoms with Gasteiger partial charge < -0.3 is 10.2 Å². The van der Waals surface area contributed by atoms with Crippen LogP contribution in [0.15, 0.2) is 18.2 Å². The molecule has 0 unspecified atom stereocenters. The zero-order chi connectivity index (χ0) is 11.3. The Morgan fingerprint density at radius 3 is 2.67 bits per heavy atom. The zero-order valence-corrected chi connectivity index (χ0v) is 9.68. The molecule has 0 saturated heterocycles. The first-order valence-corrected chi connectivity index (χ1v) is 5.20. The minimum atomic E-state index is -0.132. The maximum absolute atomic E-state index is 13.0. The van der Waals surface area contributed by atoms with E-state index in [-0.39, 0.29) is 5.82 Å². The topological polar surface area (TPSA) is 15.3 Å². The summed E-state index contributed by atoms with van der Waals surface area (Å²) in [7, 11) is 4.09. The molecule has 2 nitrogen and oxygen atoms in total. The fourth-order valence-corrected chi connectivity index (χ4v) is 1.35. The lowest BCUT2D eigenvalue weighted by molar-refractivity contribution is 0.400. The molecular weight excluding hydrogens is 191 g/mol. The van der Waals surface area contributed by atoms with Crippen LogP contribution in [0, 0.1) is 12.7 Å². The van der Waals surface area contributed by atoms with Crippen LogP contribution in [0.3, 0.4) is 0 Å². The lowest BCUT2D eigenvalue weighted by atomic mass is 10.1. The molecule has 0 spiro atoms. The molecule has 0 atom stereocenters. The van der Waals surface area contributed by atoms with Gasteiger partial charge in [0.05, 0.1) is 0 Å². The first-order valence-electron chi connectivity index (χ1n) is 5.20. The summed E-state index contributed by atoms with van der Waals surface area (Å²) in [5.74, 6) is -0.132. The Morgan fingerprint density at radius 1 is 1.33 bits per heavy atom. The Bertz CT molecular complexity index is 310. The maximum atomic E-state index is 13.0. The van der Waals surface area contributed by atoms with Gasteiger partial charge in [-0.25, -0.2) is 4.39 Å². The fourth-order valence-electron chi connectivity index (χ4n) is 1.35. The van der Waals surface area contributed by atoms with Gasteiger partial charge >= 0.3 is 0 Å². The molecule has 1 rings (SSSR count). The molecule has 3 heteroatoms. The number of halogens is 1. The maximum Gasteiger partial charge on any atom is 0.126 e. The zero-order valence-electron chi connectivity index (χ0n) is 9.68. The van der Waals surface area contributed by atoms with Gasteiger partial charge in [0.25, 0.3) is 0 Å². The standard InChI is InChI=1S/C12H19FN2/c1-10-8-11(4-5-12(10)13)9-14-6-7-15(2)3/h4-5,8,14H,6-7,9H2,1-3H3. The summed E-state index contributed by atoms with van der Waals surface area (Å²) in [4.78, 5) is 2.13. The summed E-state index contributed by atoms with van der Waals surface area (Å²) in [6.45, 7) is 4.55. The number of likely N-dealkylation sites (N-methyl/N-ethyl adjacent to an activating group) is 1. The molecule has 0 amide bonds. The minimum absolute atomic E-state index is 0.132. The van der Waals surface area contributed by atoms with Gasteiger partial charge in [0.2, 0.25) is 0 Å². The van der Waals surface area contributed by atoms with Crippen LogP contribution in [-0.4, -0.2) is 32.1 Å². The first-order chi connectivity index (χ1) is 7.09. The van der Waals surface area contributed by atoms with Crippen molar-refractivity contribution < 1.29 is 4.39 Å². The molecule has 1 aromatic rings. The molecule has 0 aliphatic rings. The van der Waals surface area contributed by atoms with Crippen molar-refractivity contribution in [1.82, 2.24) is 10.2 Å². The number of nitrogens with zero attached hydrogens (tertiary/aromatic N) is 1. The molecule has 0 radical (unpaired) electrons. The SMILES string of the molecule is Cc1cc(CNCCN(C)C)ccc1F. The molecule has 0 heterocycles. The van der Waals surface area contributed by atoms with E-state index >= 15 is 0 Å². The third kappa shape index (κ3) is 4.40. The van der Waals surface area contributed by atoms with Gasteiger partial charge in [0.15, 0.2) is 0 Å². The molecular formula is C12H19FN2. The van der Waals surface area contributed by atoms with Crippen molar-refractivity contribution in [3.63, 3.8) is 0 Å². The van der Waals surface area contributed by atoms with Crippen molar-refractivity contribution in [3.05, 3.63) is 35.1 Å². The highest BCUT2D eigenvalue weighted by Crippen LogP contribution is 2.08. The Hall–Kier alpha value is -0.930. The minimum Gasteiger partial charge on any atom is -0.311 e. The Kier molecular flexibility index (Phi) is 4.72. The van der Waals surface area contributed by atoms with Crippen LogP contribution in [-0.2, 0) is 6.54 Å². The second kappa shape index (κ2) is 5.83. The average molecular weight is 210 g/mol. The van der Waals surface area contributed by atoms with Crippen LogP contribution >= 0.6 is 0 Å². The van der Waals surface area contributed by atoms with Crippen LogP contribution in [0.4, 0.5) is 4.39 Å². The second-order valence-electron chi connectivity index (χ2n) is 4.06. The van der Waals surface area contributed by atoms with Crippen molar-refractivity contribution in [2.75, 3.05) is 27.2 Å². The number of benzene rings is 1. The van der Waals surface area contributed by atoms with Crippen LogP contribution < -0.4 is 5.32 Å². The van der Waals surface area contributed by atoms with Crippen LogP contribution in [0.25, 0.3) is 0 Å². The number of rotatable bonds is 5. The molecule has 0 saturated carbocycles. The third-order valence-electron chi connectivity index (χ3n) is 2.29.